The summed E-state index contributed by atoms with van der Waals surface area (Å²) >= 11 is 6.68. The Morgan fingerprint density at radius 3 is 2.56 bits per heavy atom. The number of pyridine rings is 1. The van der Waals surface area contributed by atoms with Crippen LogP contribution >= 0.6 is 24.0 Å². The van der Waals surface area contributed by atoms with Gasteiger partial charge >= 0.3 is 5.97 Å². The summed E-state index contributed by atoms with van der Waals surface area (Å²) in [5, 5.41) is 9.64. The van der Waals surface area contributed by atoms with Gasteiger partial charge in [0.2, 0.25) is 0 Å². The summed E-state index contributed by atoms with van der Waals surface area (Å²) in [5.74, 6) is 0.124. The number of anilines is 1. The number of rotatable bonds is 7. The lowest BCUT2D eigenvalue weighted by atomic mass is 9.95. The Balaban J connectivity index is 2.02. The number of hydrogen-bond acceptors (Lipinski definition) is 8. The molecule has 0 radical (unpaired) electrons. The van der Waals surface area contributed by atoms with Crippen LogP contribution in [-0.2, 0) is 21.4 Å². The van der Waals surface area contributed by atoms with Crippen LogP contribution in [0.4, 0.5) is 5.82 Å². The van der Waals surface area contributed by atoms with Crippen LogP contribution < -0.4 is 10.5 Å². The molecule has 2 aliphatic heterocycles. The minimum absolute atomic E-state index is 0.0559. The third kappa shape index (κ3) is 5.05. The van der Waals surface area contributed by atoms with E-state index in [4.69, 9.17) is 17.0 Å². The zero-order valence-corrected chi connectivity index (χ0v) is 21.7. The molecule has 2 fully saturated rings. The first kappa shape index (κ1) is 26.0. The number of unbranched alkanes of at least 4 members (excludes halogenated alkanes) is 1. The predicted octanol–water partition coefficient (Wildman–Crippen LogP) is 3.35. The molecule has 3 heterocycles. The third-order valence-corrected chi connectivity index (χ3v) is 7.64. The molecule has 34 heavy (non-hydrogen) atoms. The van der Waals surface area contributed by atoms with Crippen LogP contribution in [0, 0.1) is 24.2 Å². The summed E-state index contributed by atoms with van der Waals surface area (Å²) in [6.45, 7) is 7.62. The highest BCUT2D eigenvalue weighted by Crippen LogP contribution is 2.36. The van der Waals surface area contributed by atoms with Gasteiger partial charge in [0.1, 0.15) is 21.8 Å². The third-order valence-electron chi connectivity index (χ3n) is 6.27. The first-order chi connectivity index (χ1) is 16.2. The summed E-state index contributed by atoms with van der Waals surface area (Å²) in [4.78, 5) is 42.3. The Hall–Kier alpha value is -2.64. The Kier molecular flexibility index (Phi) is 8.55. The van der Waals surface area contributed by atoms with Crippen molar-refractivity contribution < 1.29 is 14.3 Å². The highest BCUT2D eigenvalue weighted by atomic mass is 32.2. The van der Waals surface area contributed by atoms with Gasteiger partial charge in [0.05, 0.1) is 17.4 Å². The maximum Gasteiger partial charge on any atom is 0.309 e. The van der Waals surface area contributed by atoms with E-state index in [9.17, 15) is 19.6 Å². The number of aromatic nitrogens is 1. The molecule has 0 N–H and O–H groups in total. The van der Waals surface area contributed by atoms with E-state index in [2.05, 4.69) is 11.8 Å². The van der Waals surface area contributed by atoms with Gasteiger partial charge in [-0.1, -0.05) is 37.3 Å². The molecule has 1 aromatic heterocycles. The first-order valence-electron chi connectivity index (χ1n) is 11.6. The second kappa shape index (κ2) is 11.2. The van der Waals surface area contributed by atoms with Gasteiger partial charge in [-0.05, 0) is 44.7 Å². The van der Waals surface area contributed by atoms with Crippen molar-refractivity contribution in [2.75, 3.05) is 31.1 Å². The van der Waals surface area contributed by atoms with E-state index in [1.165, 1.54) is 16.3 Å². The van der Waals surface area contributed by atoms with Crippen molar-refractivity contribution in [3.8, 4) is 6.07 Å². The van der Waals surface area contributed by atoms with Crippen molar-refractivity contribution in [3.05, 3.63) is 31.9 Å². The molecule has 0 aliphatic carbocycles. The fourth-order valence-corrected chi connectivity index (χ4v) is 5.61. The molecule has 2 saturated heterocycles. The minimum Gasteiger partial charge on any atom is -0.466 e. The highest BCUT2D eigenvalue weighted by molar-refractivity contribution is 8.26. The SMILES string of the molecule is CCCCN1C(=O)C(=Cc2c(C)c(C#N)c(=O)n(C)c2N2CCC(C(=O)OCC)CC2)SC1=S. The quantitative estimate of drug-likeness (QED) is 0.318. The molecular weight excluding hydrogens is 472 g/mol. The van der Waals surface area contributed by atoms with E-state index in [-0.39, 0.29) is 28.9 Å². The Labute approximate surface area is 209 Å². The number of piperidine rings is 1. The number of amides is 1. The standard InChI is InChI=1S/C24H30N4O4S2/c1-5-7-10-28-22(30)19(34-24(28)33)13-17-15(3)18(14-25)21(29)26(4)20(17)27-11-8-16(9-12-27)23(31)32-6-2/h13,16H,5-12H2,1-4H3. The van der Waals surface area contributed by atoms with E-state index in [0.717, 1.165) is 12.8 Å². The number of esters is 1. The summed E-state index contributed by atoms with van der Waals surface area (Å²) in [6.07, 6.45) is 4.77. The molecule has 0 unspecified atom stereocenters. The van der Waals surface area contributed by atoms with Crippen LogP contribution in [0.25, 0.3) is 6.08 Å². The van der Waals surface area contributed by atoms with Crippen LogP contribution in [0.2, 0.25) is 0 Å². The number of ether oxygens (including phenoxy) is 1. The molecule has 0 saturated carbocycles. The number of carbonyl (C=O) groups excluding carboxylic acids is 2. The Morgan fingerprint density at radius 1 is 1.29 bits per heavy atom. The molecule has 10 heteroatoms. The summed E-state index contributed by atoms with van der Waals surface area (Å²) in [6, 6.07) is 2.02. The Bertz CT molecular complexity index is 1130. The molecule has 8 nitrogen and oxygen atoms in total. The number of nitrogens with zero attached hydrogens (tertiary/aromatic N) is 4. The molecule has 1 amide bonds. The van der Waals surface area contributed by atoms with Crippen molar-refractivity contribution >= 4 is 52.1 Å². The number of hydrogen-bond donors (Lipinski definition) is 0. The maximum atomic E-state index is 13.1. The summed E-state index contributed by atoms with van der Waals surface area (Å²) in [5.41, 5.74) is 0.867. The van der Waals surface area contributed by atoms with Crippen LogP contribution in [0.1, 0.15) is 56.2 Å². The second-order valence-electron chi connectivity index (χ2n) is 8.41. The monoisotopic (exact) mass is 502 g/mol. The molecule has 182 valence electrons. The average molecular weight is 503 g/mol. The maximum absolute atomic E-state index is 13.1. The van der Waals surface area contributed by atoms with Crippen LogP contribution in [-0.4, -0.2) is 51.9 Å². The molecule has 0 bridgehead atoms. The minimum atomic E-state index is -0.379. The normalized spacial score (nSPS) is 18.0. The molecule has 3 rings (SSSR count). The van der Waals surface area contributed by atoms with Crippen molar-refractivity contribution in [1.82, 2.24) is 9.47 Å². The van der Waals surface area contributed by atoms with Crippen LogP contribution in [0.3, 0.4) is 0 Å². The van der Waals surface area contributed by atoms with Gasteiger partial charge in [-0.2, -0.15) is 5.26 Å². The lowest BCUT2D eigenvalue weighted by Gasteiger charge is -2.35. The summed E-state index contributed by atoms with van der Waals surface area (Å²) in [7, 11) is 1.64. The predicted molar refractivity (Wildman–Crippen MR) is 137 cm³/mol. The fourth-order valence-electron chi connectivity index (χ4n) is 4.32. The van der Waals surface area contributed by atoms with E-state index < -0.39 is 0 Å². The van der Waals surface area contributed by atoms with E-state index >= 15 is 0 Å². The van der Waals surface area contributed by atoms with Gasteiger partial charge < -0.3 is 9.64 Å². The lowest BCUT2D eigenvalue weighted by molar-refractivity contribution is -0.148. The van der Waals surface area contributed by atoms with Crippen LogP contribution in [0.5, 0.6) is 0 Å². The number of nitriles is 1. The zero-order chi connectivity index (χ0) is 25.0. The van der Waals surface area contributed by atoms with Crippen LogP contribution in [0.15, 0.2) is 9.70 Å². The zero-order valence-electron chi connectivity index (χ0n) is 20.0. The molecular formula is C24H30N4O4S2. The van der Waals surface area contributed by atoms with E-state index in [0.29, 0.717) is 65.3 Å². The largest absolute Gasteiger partial charge is 0.466 e. The molecule has 1 aromatic rings. The molecule has 0 spiro atoms. The Morgan fingerprint density at radius 2 is 1.97 bits per heavy atom. The van der Waals surface area contributed by atoms with Gasteiger partial charge in [0, 0.05) is 32.2 Å². The van der Waals surface area contributed by atoms with Crippen molar-refractivity contribution in [3.63, 3.8) is 0 Å². The van der Waals surface area contributed by atoms with Gasteiger partial charge in [-0.25, -0.2) is 0 Å². The van der Waals surface area contributed by atoms with E-state index in [1.807, 2.05) is 6.07 Å². The number of thioether (sulfide) groups is 1. The van der Waals surface area contributed by atoms with Gasteiger partial charge in [0.15, 0.2) is 0 Å². The van der Waals surface area contributed by atoms with Gasteiger partial charge in [-0.3, -0.25) is 23.9 Å². The molecule has 0 atom stereocenters. The average Bonchev–Trinajstić information content (AvgIpc) is 3.09. The molecule has 0 aromatic carbocycles. The topological polar surface area (TPSA) is 95.6 Å². The molecule has 2 aliphatic rings. The van der Waals surface area contributed by atoms with Crippen molar-refractivity contribution in [2.24, 2.45) is 13.0 Å². The smallest absolute Gasteiger partial charge is 0.309 e. The fraction of sp³-hybridized carbons (Fsp3) is 0.542. The van der Waals surface area contributed by atoms with Gasteiger partial charge in [0.25, 0.3) is 11.5 Å². The summed E-state index contributed by atoms with van der Waals surface area (Å²) < 4.78 is 7.16. The first-order valence-corrected chi connectivity index (χ1v) is 12.8. The number of carbonyl (C=O) groups is 2. The van der Waals surface area contributed by atoms with E-state index in [1.54, 1.807) is 31.9 Å². The van der Waals surface area contributed by atoms with Crippen molar-refractivity contribution in [1.29, 1.82) is 5.26 Å². The second-order valence-corrected chi connectivity index (χ2v) is 10.1. The lowest BCUT2D eigenvalue weighted by Crippen LogP contribution is -2.40. The number of thiocarbonyl (C=S) groups is 1. The van der Waals surface area contributed by atoms with Crippen molar-refractivity contribution in [2.45, 2.75) is 46.5 Å². The highest BCUT2D eigenvalue weighted by Gasteiger charge is 2.33. The van der Waals surface area contributed by atoms with Gasteiger partial charge in [-0.15, -0.1) is 0 Å².